The van der Waals surface area contributed by atoms with E-state index in [0.29, 0.717) is 5.92 Å². The maximum absolute atomic E-state index is 5.80. The van der Waals surface area contributed by atoms with Crippen LogP contribution in [-0.2, 0) is 4.74 Å². The lowest BCUT2D eigenvalue weighted by atomic mass is 9.87. The first-order chi connectivity index (χ1) is 7.65. The third-order valence-electron chi connectivity index (χ3n) is 3.35. The van der Waals surface area contributed by atoms with E-state index in [9.17, 15) is 0 Å². The second-order valence-corrected chi connectivity index (χ2v) is 5.07. The Morgan fingerprint density at radius 1 is 1.38 bits per heavy atom. The summed E-state index contributed by atoms with van der Waals surface area (Å²) in [6.07, 6.45) is 10.7. The van der Waals surface area contributed by atoms with E-state index in [2.05, 4.69) is 45.9 Å². The van der Waals surface area contributed by atoms with Crippen molar-refractivity contribution < 1.29 is 4.74 Å². The lowest BCUT2D eigenvalue weighted by Crippen LogP contribution is -2.15. The predicted octanol–water partition coefficient (Wildman–Crippen LogP) is 4.35. The molecule has 0 heterocycles. The minimum Gasteiger partial charge on any atom is -0.374 e. The molecular formula is C15H26O. The monoisotopic (exact) mass is 222 g/mol. The van der Waals surface area contributed by atoms with Gasteiger partial charge in [-0.3, -0.25) is 0 Å². The minimum absolute atomic E-state index is 0.260. The van der Waals surface area contributed by atoms with Crippen molar-refractivity contribution in [3.8, 4) is 0 Å². The highest BCUT2D eigenvalue weighted by Gasteiger charge is 2.15. The van der Waals surface area contributed by atoms with Crippen molar-refractivity contribution in [1.29, 1.82) is 0 Å². The van der Waals surface area contributed by atoms with Crippen LogP contribution in [0, 0.1) is 11.8 Å². The number of rotatable bonds is 6. The van der Waals surface area contributed by atoms with Crippen molar-refractivity contribution >= 4 is 0 Å². The van der Waals surface area contributed by atoms with Gasteiger partial charge in [-0.15, -0.1) is 0 Å². The molecule has 0 radical (unpaired) electrons. The summed E-state index contributed by atoms with van der Waals surface area (Å²) in [6.45, 7) is 9.81. The lowest BCUT2D eigenvalue weighted by molar-refractivity contribution is 0.0891. The Balaban J connectivity index is 2.36. The molecule has 0 aliphatic heterocycles. The molecule has 0 saturated carbocycles. The molecule has 0 aromatic carbocycles. The third-order valence-corrected chi connectivity index (χ3v) is 3.35. The summed E-state index contributed by atoms with van der Waals surface area (Å²) in [6, 6.07) is 0. The molecule has 16 heavy (non-hydrogen) atoms. The van der Waals surface area contributed by atoms with E-state index in [-0.39, 0.29) is 6.10 Å². The van der Waals surface area contributed by atoms with Crippen LogP contribution < -0.4 is 0 Å². The highest BCUT2D eigenvalue weighted by atomic mass is 16.5. The normalized spacial score (nSPS) is 22.3. The van der Waals surface area contributed by atoms with Crippen LogP contribution in [0.1, 0.15) is 47.0 Å². The van der Waals surface area contributed by atoms with Crippen molar-refractivity contribution in [3.63, 3.8) is 0 Å². The Bertz CT molecular complexity index is 250. The van der Waals surface area contributed by atoms with E-state index >= 15 is 0 Å². The van der Waals surface area contributed by atoms with Gasteiger partial charge in [0.05, 0.1) is 6.10 Å². The fourth-order valence-electron chi connectivity index (χ4n) is 1.95. The van der Waals surface area contributed by atoms with E-state index in [1.807, 2.05) is 0 Å². The highest BCUT2D eigenvalue weighted by Crippen LogP contribution is 2.25. The van der Waals surface area contributed by atoms with Gasteiger partial charge >= 0.3 is 0 Å². The fraction of sp³-hybridized carbons (Fsp3) is 0.733. The van der Waals surface area contributed by atoms with Gasteiger partial charge in [-0.05, 0) is 37.2 Å². The van der Waals surface area contributed by atoms with Crippen molar-refractivity contribution in [3.05, 3.63) is 23.8 Å². The van der Waals surface area contributed by atoms with Crippen LogP contribution >= 0.6 is 0 Å². The van der Waals surface area contributed by atoms with E-state index in [1.165, 1.54) is 18.4 Å². The number of unbranched alkanes of at least 4 members (excludes halogenated alkanes) is 1. The zero-order valence-corrected chi connectivity index (χ0v) is 11.2. The van der Waals surface area contributed by atoms with Crippen LogP contribution in [0.25, 0.3) is 0 Å². The first kappa shape index (κ1) is 13.5. The summed E-state index contributed by atoms with van der Waals surface area (Å²) in [5.74, 6) is 1.46. The van der Waals surface area contributed by atoms with E-state index in [0.717, 1.165) is 18.9 Å². The largest absolute Gasteiger partial charge is 0.374 e. The fourth-order valence-corrected chi connectivity index (χ4v) is 1.95. The Kier molecular flexibility index (Phi) is 5.83. The van der Waals surface area contributed by atoms with Gasteiger partial charge in [0, 0.05) is 6.61 Å². The van der Waals surface area contributed by atoms with Crippen molar-refractivity contribution in [2.45, 2.75) is 53.1 Å². The third kappa shape index (κ3) is 4.13. The maximum Gasteiger partial charge on any atom is 0.0793 e. The van der Waals surface area contributed by atoms with Crippen molar-refractivity contribution in [2.24, 2.45) is 11.8 Å². The van der Waals surface area contributed by atoms with Gasteiger partial charge in [0.2, 0.25) is 0 Å². The van der Waals surface area contributed by atoms with Crippen LogP contribution in [0.2, 0.25) is 0 Å². The molecular weight excluding hydrogens is 196 g/mol. The second-order valence-electron chi connectivity index (χ2n) is 5.07. The Labute approximate surface area is 101 Å². The summed E-state index contributed by atoms with van der Waals surface area (Å²) in [7, 11) is 0. The van der Waals surface area contributed by atoms with Crippen LogP contribution in [0.5, 0.6) is 0 Å². The molecule has 1 rings (SSSR count). The summed E-state index contributed by atoms with van der Waals surface area (Å²) in [5, 5.41) is 0. The topological polar surface area (TPSA) is 9.23 Å². The molecule has 1 aliphatic carbocycles. The average molecular weight is 222 g/mol. The van der Waals surface area contributed by atoms with Gasteiger partial charge in [0.25, 0.3) is 0 Å². The molecule has 0 saturated heterocycles. The van der Waals surface area contributed by atoms with E-state index in [4.69, 9.17) is 4.74 Å². The molecule has 92 valence electrons. The summed E-state index contributed by atoms with van der Waals surface area (Å²) >= 11 is 0. The first-order valence-corrected chi connectivity index (χ1v) is 6.65. The van der Waals surface area contributed by atoms with E-state index < -0.39 is 0 Å². The Morgan fingerprint density at radius 3 is 2.62 bits per heavy atom. The lowest BCUT2D eigenvalue weighted by Gasteiger charge is -2.22. The van der Waals surface area contributed by atoms with Gasteiger partial charge in [0.1, 0.15) is 0 Å². The second kappa shape index (κ2) is 6.90. The van der Waals surface area contributed by atoms with Gasteiger partial charge in [-0.2, -0.15) is 0 Å². The molecule has 1 unspecified atom stereocenters. The van der Waals surface area contributed by atoms with Gasteiger partial charge in [-0.1, -0.05) is 45.4 Å². The standard InChI is InChI=1S/C15H26O/c1-5-6-11-16-13(4)15-9-7-14(8-10-15)12(2)3/h7,9-10,12-14H,5-6,8,11H2,1-4H3/t13-,14?/m0/s1. The quantitative estimate of drug-likeness (QED) is 0.607. The van der Waals surface area contributed by atoms with Gasteiger partial charge in [0.15, 0.2) is 0 Å². The maximum atomic E-state index is 5.80. The molecule has 0 N–H and O–H groups in total. The van der Waals surface area contributed by atoms with Gasteiger partial charge in [-0.25, -0.2) is 0 Å². The zero-order chi connectivity index (χ0) is 12.0. The summed E-state index contributed by atoms with van der Waals surface area (Å²) in [5.41, 5.74) is 1.35. The Morgan fingerprint density at radius 2 is 2.12 bits per heavy atom. The molecule has 0 bridgehead atoms. The SMILES string of the molecule is CCCCO[C@@H](C)C1=CCC(C(C)C)C=C1. The molecule has 0 amide bonds. The summed E-state index contributed by atoms with van der Waals surface area (Å²) < 4.78 is 5.80. The molecule has 1 nitrogen and oxygen atoms in total. The Hall–Kier alpha value is -0.560. The van der Waals surface area contributed by atoms with Crippen molar-refractivity contribution in [2.75, 3.05) is 6.61 Å². The smallest absolute Gasteiger partial charge is 0.0793 e. The number of ether oxygens (including phenoxy) is 1. The summed E-state index contributed by atoms with van der Waals surface area (Å²) in [4.78, 5) is 0. The number of hydrogen-bond donors (Lipinski definition) is 0. The van der Waals surface area contributed by atoms with Crippen LogP contribution in [0.15, 0.2) is 23.8 Å². The predicted molar refractivity (Wildman–Crippen MR) is 70.5 cm³/mol. The molecule has 1 heteroatoms. The van der Waals surface area contributed by atoms with Crippen molar-refractivity contribution in [1.82, 2.24) is 0 Å². The highest BCUT2D eigenvalue weighted by molar-refractivity contribution is 5.27. The number of hydrogen-bond acceptors (Lipinski definition) is 1. The van der Waals surface area contributed by atoms with Crippen LogP contribution in [0.3, 0.4) is 0 Å². The first-order valence-electron chi connectivity index (χ1n) is 6.65. The van der Waals surface area contributed by atoms with Gasteiger partial charge < -0.3 is 4.74 Å². The number of allylic oxidation sites excluding steroid dienone is 2. The average Bonchev–Trinajstić information content (AvgIpc) is 2.29. The minimum atomic E-state index is 0.260. The molecule has 2 atom stereocenters. The molecule has 0 fully saturated rings. The zero-order valence-electron chi connectivity index (χ0n) is 11.2. The molecule has 0 aromatic rings. The molecule has 0 aromatic heterocycles. The molecule has 0 spiro atoms. The van der Waals surface area contributed by atoms with Crippen LogP contribution in [0.4, 0.5) is 0 Å². The molecule has 1 aliphatic rings. The van der Waals surface area contributed by atoms with Crippen LogP contribution in [-0.4, -0.2) is 12.7 Å². The van der Waals surface area contributed by atoms with E-state index in [1.54, 1.807) is 0 Å².